The lowest BCUT2D eigenvalue weighted by molar-refractivity contribution is 0.420. The van der Waals surface area contributed by atoms with Crippen LogP contribution in [0.2, 0.25) is 0 Å². The van der Waals surface area contributed by atoms with Gasteiger partial charge in [-0.1, -0.05) is 18.2 Å². The number of nitrogens with one attached hydrogen (secondary N) is 1. The third-order valence-electron chi connectivity index (χ3n) is 5.57. The quantitative estimate of drug-likeness (QED) is 0.845. The van der Waals surface area contributed by atoms with Gasteiger partial charge in [0.1, 0.15) is 0 Å². The van der Waals surface area contributed by atoms with Crippen LogP contribution in [0, 0.1) is 12.8 Å². The summed E-state index contributed by atoms with van der Waals surface area (Å²) in [6.45, 7) is 3.91. The van der Waals surface area contributed by atoms with Crippen molar-refractivity contribution in [2.45, 2.75) is 25.8 Å². The molecule has 0 saturated heterocycles. The second-order valence-corrected chi connectivity index (χ2v) is 7.07. The van der Waals surface area contributed by atoms with Gasteiger partial charge in [-0.2, -0.15) is 0 Å². The van der Waals surface area contributed by atoms with Gasteiger partial charge >= 0.3 is 0 Å². The number of fused-ring (bicyclic) bond motifs is 3. The van der Waals surface area contributed by atoms with Crippen LogP contribution in [-0.2, 0) is 6.42 Å². The monoisotopic (exact) mass is 334 g/mol. The topological polar surface area (TPSA) is 54.2 Å². The molecule has 4 rings (SSSR count). The minimum Gasteiger partial charge on any atom is -0.388 e. The van der Waals surface area contributed by atoms with Crippen LogP contribution >= 0.6 is 0 Å². The molecule has 2 unspecified atom stereocenters. The van der Waals surface area contributed by atoms with Gasteiger partial charge in [0.05, 0.1) is 17.4 Å². The van der Waals surface area contributed by atoms with Gasteiger partial charge < -0.3 is 16.0 Å². The molecule has 3 heterocycles. The number of hydrogen-bond acceptors (Lipinski definition) is 4. The lowest BCUT2D eigenvalue weighted by Crippen LogP contribution is -2.48. The van der Waals surface area contributed by atoms with Crippen molar-refractivity contribution >= 4 is 11.4 Å². The number of benzene rings is 1. The standard InChI is InChI=1S/C21H26N4/c1-14-6-7-17(23-2)11-18(14)16-10-21-19(24-13-16)9-15(12-22)20-5-3-4-8-25(20)21/h3,5-7,10-11,13,15,20,23H,4,8-9,12,22H2,1-2H3. The summed E-state index contributed by atoms with van der Waals surface area (Å²) in [6.07, 6.45) is 8.71. The third-order valence-corrected chi connectivity index (χ3v) is 5.57. The van der Waals surface area contributed by atoms with Crippen molar-refractivity contribution < 1.29 is 0 Å². The van der Waals surface area contributed by atoms with E-state index in [4.69, 9.17) is 10.7 Å². The van der Waals surface area contributed by atoms with Gasteiger partial charge in [0, 0.05) is 37.0 Å². The van der Waals surface area contributed by atoms with Gasteiger partial charge in [0.15, 0.2) is 0 Å². The predicted molar refractivity (Wildman–Crippen MR) is 105 cm³/mol. The first-order valence-corrected chi connectivity index (χ1v) is 9.12. The van der Waals surface area contributed by atoms with Crippen LogP contribution in [-0.4, -0.2) is 31.2 Å². The van der Waals surface area contributed by atoms with Crippen LogP contribution in [0.4, 0.5) is 11.4 Å². The molecule has 4 heteroatoms. The predicted octanol–water partition coefficient (Wildman–Crippen LogP) is 3.36. The first kappa shape index (κ1) is 16.2. The number of aryl methyl sites for hydroxylation is 1. The molecule has 0 saturated carbocycles. The van der Waals surface area contributed by atoms with E-state index in [0.717, 1.165) is 25.1 Å². The Morgan fingerprint density at radius 1 is 1.32 bits per heavy atom. The van der Waals surface area contributed by atoms with Crippen LogP contribution in [0.25, 0.3) is 11.1 Å². The maximum absolute atomic E-state index is 6.04. The Morgan fingerprint density at radius 3 is 3.00 bits per heavy atom. The highest BCUT2D eigenvalue weighted by atomic mass is 15.2. The molecule has 0 radical (unpaired) electrons. The number of nitrogens with two attached hydrogens (primary N) is 1. The molecule has 0 bridgehead atoms. The second kappa shape index (κ2) is 6.52. The van der Waals surface area contributed by atoms with Crippen molar-refractivity contribution in [3.05, 3.63) is 53.9 Å². The maximum atomic E-state index is 6.04. The van der Waals surface area contributed by atoms with Crippen LogP contribution < -0.4 is 16.0 Å². The highest BCUT2D eigenvalue weighted by Gasteiger charge is 2.34. The Hall–Kier alpha value is -2.33. The van der Waals surface area contributed by atoms with E-state index in [2.05, 4.69) is 53.6 Å². The van der Waals surface area contributed by atoms with E-state index in [0.29, 0.717) is 18.5 Å². The molecule has 3 N–H and O–H groups in total. The van der Waals surface area contributed by atoms with E-state index in [-0.39, 0.29) is 0 Å². The van der Waals surface area contributed by atoms with Gasteiger partial charge in [-0.25, -0.2) is 0 Å². The van der Waals surface area contributed by atoms with Crippen LogP contribution in [0.5, 0.6) is 0 Å². The van der Waals surface area contributed by atoms with Crippen LogP contribution in [0.3, 0.4) is 0 Å². The first-order chi connectivity index (χ1) is 12.2. The normalized spacial score (nSPS) is 21.6. The van der Waals surface area contributed by atoms with E-state index < -0.39 is 0 Å². The fourth-order valence-corrected chi connectivity index (χ4v) is 4.11. The number of nitrogens with zero attached hydrogens (tertiary/aromatic N) is 2. The first-order valence-electron chi connectivity index (χ1n) is 9.12. The molecule has 1 aromatic heterocycles. The van der Waals surface area contributed by atoms with Gasteiger partial charge in [0.2, 0.25) is 0 Å². The summed E-state index contributed by atoms with van der Waals surface area (Å²) in [7, 11) is 1.96. The molecule has 2 atom stereocenters. The molecule has 25 heavy (non-hydrogen) atoms. The Bertz CT molecular complexity index is 812. The molecule has 2 aliphatic heterocycles. The van der Waals surface area contributed by atoms with Gasteiger partial charge in [-0.3, -0.25) is 4.98 Å². The average Bonchev–Trinajstić information content (AvgIpc) is 2.67. The summed E-state index contributed by atoms with van der Waals surface area (Å²) in [6, 6.07) is 9.22. The number of aromatic nitrogens is 1. The fourth-order valence-electron chi connectivity index (χ4n) is 4.11. The summed E-state index contributed by atoms with van der Waals surface area (Å²) in [5.41, 5.74) is 13.3. The lowest BCUT2D eigenvalue weighted by atomic mass is 9.85. The lowest BCUT2D eigenvalue weighted by Gasteiger charge is -2.43. The molecule has 1 aromatic carbocycles. The van der Waals surface area contributed by atoms with Gasteiger partial charge in [0.25, 0.3) is 0 Å². The zero-order chi connectivity index (χ0) is 17.4. The van der Waals surface area contributed by atoms with Crippen molar-refractivity contribution in [1.82, 2.24) is 4.98 Å². The summed E-state index contributed by atoms with van der Waals surface area (Å²) >= 11 is 0. The Balaban J connectivity index is 1.79. The summed E-state index contributed by atoms with van der Waals surface area (Å²) in [4.78, 5) is 7.34. The average molecular weight is 334 g/mol. The second-order valence-electron chi connectivity index (χ2n) is 7.07. The third kappa shape index (κ3) is 2.81. The molecular weight excluding hydrogens is 308 g/mol. The van der Waals surface area contributed by atoms with Gasteiger partial charge in [-0.15, -0.1) is 0 Å². The highest BCUT2D eigenvalue weighted by molar-refractivity contribution is 5.75. The summed E-state index contributed by atoms with van der Waals surface area (Å²) < 4.78 is 0. The van der Waals surface area contributed by atoms with E-state index in [1.807, 2.05) is 13.2 Å². The zero-order valence-electron chi connectivity index (χ0n) is 15.0. The number of rotatable bonds is 3. The summed E-state index contributed by atoms with van der Waals surface area (Å²) in [5, 5.41) is 3.23. The SMILES string of the molecule is CNc1ccc(C)c(-c2cnc3c(c2)N2CCC=CC2C(CN)C3)c1. The minimum absolute atomic E-state index is 0.410. The van der Waals surface area contributed by atoms with E-state index >= 15 is 0 Å². The van der Waals surface area contributed by atoms with Crippen molar-refractivity contribution in [3.63, 3.8) is 0 Å². The molecule has 0 spiro atoms. The van der Waals surface area contributed by atoms with E-state index in [1.165, 1.54) is 28.1 Å². The number of hydrogen-bond donors (Lipinski definition) is 2. The van der Waals surface area contributed by atoms with Crippen molar-refractivity contribution in [2.24, 2.45) is 11.7 Å². The largest absolute Gasteiger partial charge is 0.388 e. The smallest absolute Gasteiger partial charge is 0.0641 e. The Kier molecular flexibility index (Phi) is 4.22. The molecule has 130 valence electrons. The fraction of sp³-hybridized carbons (Fsp3) is 0.381. The van der Waals surface area contributed by atoms with Crippen molar-refractivity contribution in [3.8, 4) is 11.1 Å². The Labute approximate surface area is 149 Å². The minimum atomic E-state index is 0.410. The zero-order valence-corrected chi connectivity index (χ0v) is 15.0. The summed E-state index contributed by atoms with van der Waals surface area (Å²) in [5.74, 6) is 0.455. The molecule has 2 aromatic rings. The van der Waals surface area contributed by atoms with E-state index in [1.54, 1.807) is 0 Å². The Morgan fingerprint density at radius 2 is 2.20 bits per heavy atom. The van der Waals surface area contributed by atoms with E-state index in [9.17, 15) is 0 Å². The molecule has 0 fully saturated rings. The number of anilines is 2. The molecule has 0 amide bonds. The molecule has 0 aliphatic carbocycles. The van der Waals surface area contributed by atoms with Crippen LogP contribution in [0.15, 0.2) is 42.6 Å². The van der Waals surface area contributed by atoms with Gasteiger partial charge in [-0.05, 0) is 55.6 Å². The van der Waals surface area contributed by atoms with Crippen molar-refractivity contribution in [1.29, 1.82) is 0 Å². The maximum Gasteiger partial charge on any atom is 0.0641 e. The molecule has 2 aliphatic rings. The molecular formula is C21H26N4. The highest BCUT2D eigenvalue weighted by Crippen LogP contribution is 2.38. The van der Waals surface area contributed by atoms with Crippen molar-refractivity contribution in [2.75, 3.05) is 30.4 Å². The van der Waals surface area contributed by atoms with Crippen LogP contribution in [0.1, 0.15) is 17.7 Å². The molecule has 4 nitrogen and oxygen atoms in total. The number of pyridine rings is 1.